The number of para-hydroxylation sites is 2. The summed E-state index contributed by atoms with van der Waals surface area (Å²) in [5.74, 6) is -0.477. The fourth-order valence-electron chi connectivity index (χ4n) is 4.38. The van der Waals surface area contributed by atoms with Gasteiger partial charge in [0.1, 0.15) is 0 Å². The lowest BCUT2D eigenvalue weighted by Crippen LogP contribution is -2.16. The predicted octanol–water partition coefficient (Wildman–Crippen LogP) is 8.02. The van der Waals surface area contributed by atoms with E-state index in [0.717, 1.165) is 44.8 Å². The molecule has 1 amide bonds. The molecule has 0 aliphatic heterocycles. The summed E-state index contributed by atoms with van der Waals surface area (Å²) in [5.41, 5.74) is 3.20. The molecular weight excluding hydrogens is 487 g/mol. The van der Waals surface area contributed by atoms with E-state index >= 15 is 0 Å². The van der Waals surface area contributed by atoms with Crippen molar-refractivity contribution in [3.05, 3.63) is 95.0 Å². The number of carbonyl (C=O) groups excluding carboxylic acids is 1. The number of hydrogen-bond acceptors (Lipinski definition) is 2. The summed E-state index contributed by atoms with van der Waals surface area (Å²) >= 11 is 6.26. The van der Waals surface area contributed by atoms with Gasteiger partial charge in [-0.2, -0.15) is 13.2 Å². The van der Waals surface area contributed by atoms with Crippen LogP contribution in [-0.2, 0) is 17.4 Å². The summed E-state index contributed by atoms with van der Waals surface area (Å²) in [6, 6.07) is 22.3. The summed E-state index contributed by atoms with van der Waals surface area (Å²) in [6.07, 6.45) is -3.54. The number of aryl methyl sites for hydroxylation is 1. The standard InChI is InChI=1S/C28H21ClF3N3O/c29-18-13-15-23-20(16-18)19(27(35-23)25-14-12-17-6-1-3-9-22(17)33-25)7-5-11-26(36)34-24-10-4-2-8-21(24)28(30,31)32/h1-4,6,8-10,12-16,35H,5,7,11H2,(H,34,36). The summed E-state index contributed by atoms with van der Waals surface area (Å²) in [6.45, 7) is 0. The van der Waals surface area contributed by atoms with E-state index in [0.29, 0.717) is 17.9 Å². The summed E-state index contributed by atoms with van der Waals surface area (Å²) in [7, 11) is 0. The van der Waals surface area contributed by atoms with E-state index in [-0.39, 0.29) is 12.1 Å². The Kier molecular flexibility index (Phi) is 6.41. The normalized spacial score (nSPS) is 11.8. The third-order valence-corrected chi connectivity index (χ3v) is 6.30. The van der Waals surface area contributed by atoms with Gasteiger partial charge in [0.15, 0.2) is 0 Å². The molecule has 0 saturated heterocycles. The number of aromatic amines is 1. The van der Waals surface area contributed by atoms with E-state index in [9.17, 15) is 18.0 Å². The summed E-state index contributed by atoms with van der Waals surface area (Å²) in [4.78, 5) is 20.8. The number of anilines is 1. The minimum absolute atomic E-state index is 0.0595. The number of carbonyl (C=O) groups is 1. The zero-order chi connectivity index (χ0) is 25.3. The maximum absolute atomic E-state index is 13.2. The van der Waals surface area contributed by atoms with Crippen LogP contribution in [0.4, 0.5) is 18.9 Å². The average Bonchev–Trinajstić information content (AvgIpc) is 3.21. The summed E-state index contributed by atoms with van der Waals surface area (Å²) in [5, 5.41) is 4.95. The molecule has 0 unspecified atom stereocenters. The van der Waals surface area contributed by atoms with Gasteiger partial charge in [-0.1, -0.05) is 48.0 Å². The second-order valence-corrected chi connectivity index (χ2v) is 8.94. The van der Waals surface area contributed by atoms with Crippen LogP contribution in [-0.4, -0.2) is 15.9 Å². The molecule has 0 aliphatic rings. The molecule has 0 spiro atoms. The largest absolute Gasteiger partial charge is 0.418 e. The van der Waals surface area contributed by atoms with Crippen molar-refractivity contribution in [2.24, 2.45) is 0 Å². The molecule has 4 nitrogen and oxygen atoms in total. The fourth-order valence-corrected chi connectivity index (χ4v) is 4.55. The van der Waals surface area contributed by atoms with Gasteiger partial charge in [-0.3, -0.25) is 4.79 Å². The third-order valence-electron chi connectivity index (χ3n) is 6.06. The van der Waals surface area contributed by atoms with Crippen LogP contribution in [0.3, 0.4) is 0 Å². The zero-order valence-corrected chi connectivity index (χ0v) is 19.8. The van der Waals surface area contributed by atoms with Crippen molar-refractivity contribution in [1.82, 2.24) is 9.97 Å². The van der Waals surface area contributed by atoms with E-state index in [1.807, 2.05) is 48.5 Å². The number of fused-ring (bicyclic) bond motifs is 2. The van der Waals surface area contributed by atoms with Gasteiger partial charge in [-0.15, -0.1) is 0 Å². The minimum Gasteiger partial charge on any atom is -0.353 e. The number of aromatic nitrogens is 2. The topological polar surface area (TPSA) is 57.8 Å². The number of benzene rings is 3. The van der Waals surface area contributed by atoms with E-state index in [4.69, 9.17) is 16.6 Å². The molecule has 0 radical (unpaired) electrons. The van der Waals surface area contributed by atoms with E-state index in [1.54, 1.807) is 6.07 Å². The van der Waals surface area contributed by atoms with Gasteiger partial charge >= 0.3 is 6.18 Å². The molecule has 0 saturated carbocycles. The van der Waals surface area contributed by atoms with Gasteiger partial charge in [-0.25, -0.2) is 4.98 Å². The van der Waals surface area contributed by atoms with Crippen molar-refractivity contribution in [2.45, 2.75) is 25.4 Å². The van der Waals surface area contributed by atoms with Crippen LogP contribution < -0.4 is 5.32 Å². The molecule has 182 valence electrons. The Labute approximate surface area is 210 Å². The highest BCUT2D eigenvalue weighted by molar-refractivity contribution is 6.31. The number of amides is 1. The first-order chi connectivity index (χ1) is 17.3. The number of H-pyrrole nitrogens is 1. The second kappa shape index (κ2) is 9.66. The lowest BCUT2D eigenvalue weighted by molar-refractivity contribution is -0.137. The first-order valence-corrected chi connectivity index (χ1v) is 11.8. The number of rotatable bonds is 6. The van der Waals surface area contributed by atoms with E-state index in [1.165, 1.54) is 18.2 Å². The molecule has 2 N–H and O–H groups in total. The summed E-state index contributed by atoms with van der Waals surface area (Å²) < 4.78 is 39.7. The highest BCUT2D eigenvalue weighted by Crippen LogP contribution is 2.35. The average molecular weight is 508 g/mol. The van der Waals surface area contributed by atoms with E-state index in [2.05, 4.69) is 10.3 Å². The first-order valence-electron chi connectivity index (χ1n) is 11.4. The van der Waals surface area contributed by atoms with Crippen molar-refractivity contribution in [2.75, 3.05) is 5.32 Å². The fraction of sp³-hybridized carbons (Fsp3) is 0.143. The maximum atomic E-state index is 13.2. The van der Waals surface area contributed by atoms with Gasteiger partial charge in [0.25, 0.3) is 0 Å². The Morgan fingerprint density at radius 3 is 2.58 bits per heavy atom. The molecule has 36 heavy (non-hydrogen) atoms. The van der Waals surface area contributed by atoms with Gasteiger partial charge in [0.05, 0.1) is 28.2 Å². The number of halogens is 4. The molecule has 5 aromatic rings. The van der Waals surface area contributed by atoms with Gasteiger partial charge in [-0.05, 0) is 60.9 Å². The van der Waals surface area contributed by atoms with Crippen LogP contribution in [0.1, 0.15) is 24.0 Å². The highest BCUT2D eigenvalue weighted by Gasteiger charge is 2.33. The van der Waals surface area contributed by atoms with Crippen molar-refractivity contribution >= 4 is 45.0 Å². The van der Waals surface area contributed by atoms with Crippen molar-refractivity contribution in [3.63, 3.8) is 0 Å². The molecule has 0 aliphatic carbocycles. The quantitative estimate of drug-likeness (QED) is 0.244. The number of alkyl halides is 3. The smallest absolute Gasteiger partial charge is 0.353 e. The number of nitrogens with zero attached hydrogens (tertiary/aromatic N) is 1. The Morgan fingerprint density at radius 1 is 0.972 bits per heavy atom. The molecule has 2 heterocycles. The van der Waals surface area contributed by atoms with Crippen LogP contribution >= 0.6 is 11.6 Å². The molecule has 3 aromatic carbocycles. The molecule has 0 bridgehead atoms. The molecule has 5 rings (SSSR count). The molecule has 0 atom stereocenters. The van der Waals surface area contributed by atoms with Crippen LogP contribution in [0.15, 0.2) is 78.9 Å². The Morgan fingerprint density at radius 2 is 1.75 bits per heavy atom. The SMILES string of the molecule is O=C(CCCc1c(-c2ccc3ccccc3n2)[nH]c2ccc(Cl)cc12)Nc1ccccc1C(F)(F)F. The maximum Gasteiger partial charge on any atom is 0.418 e. The Bertz CT molecular complexity index is 1580. The van der Waals surface area contributed by atoms with Gasteiger partial charge in [0, 0.05) is 27.7 Å². The molecule has 2 aromatic heterocycles. The molecule has 8 heteroatoms. The second-order valence-electron chi connectivity index (χ2n) is 8.50. The lowest BCUT2D eigenvalue weighted by Gasteiger charge is -2.13. The van der Waals surface area contributed by atoms with E-state index < -0.39 is 17.6 Å². The van der Waals surface area contributed by atoms with Crippen molar-refractivity contribution < 1.29 is 18.0 Å². The van der Waals surface area contributed by atoms with Crippen molar-refractivity contribution in [3.8, 4) is 11.4 Å². The predicted molar refractivity (Wildman–Crippen MR) is 137 cm³/mol. The monoisotopic (exact) mass is 507 g/mol. The number of nitrogens with one attached hydrogen (secondary N) is 2. The Balaban J connectivity index is 1.39. The first kappa shape index (κ1) is 23.9. The van der Waals surface area contributed by atoms with Crippen molar-refractivity contribution in [1.29, 1.82) is 0 Å². The van der Waals surface area contributed by atoms with Crippen LogP contribution in [0.2, 0.25) is 5.02 Å². The van der Waals surface area contributed by atoms with Gasteiger partial charge in [0.2, 0.25) is 5.91 Å². The van der Waals surface area contributed by atoms with Crippen LogP contribution in [0, 0.1) is 0 Å². The lowest BCUT2D eigenvalue weighted by atomic mass is 10.0. The van der Waals surface area contributed by atoms with Gasteiger partial charge < -0.3 is 10.3 Å². The zero-order valence-electron chi connectivity index (χ0n) is 19.0. The number of pyridine rings is 1. The van der Waals surface area contributed by atoms with Crippen LogP contribution in [0.5, 0.6) is 0 Å². The number of hydrogen-bond donors (Lipinski definition) is 2. The minimum atomic E-state index is -4.55. The third kappa shape index (κ3) is 4.93. The van der Waals surface area contributed by atoms with Crippen LogP contribution in [0.25, 0.3) is 33.2 Å². The highest BCUT2D eigenvalue weighted by atomic mass is 35.5. The Hall–Kier alpha value is -3.84. The molecule has 0 fully saturated rings. The molecular formula is C28H21ClF3N3O.